The fraction of sp³-hybridized carbons (Fsp3) is 0.700. The van der Waals surface area contributed by atoms with E-state index in [2.05, 4.69) is 6.08 Å². The highest BCUT2D eigenvalue weighted by molar-refractivity contribution is 5.69. The summed E-state index contributed by atoms with van der Waals surface area (Å²) in [6, 6.07) is 0.0957. The molecule has 13 heavy (non-hydrogen) atoms. The van der Waals surface area contributed by atoms with Crippen LogP contribution in [-0.2, 0) is 9.53 Å². The lowest BCUT2D eigenvalue weighted by Gasteiger charge is -2.19. The van der Waals surface area contributed by atoms with Crippen molar-refractivity contribution in [1.82, 2.24) is 0 Å². The lowest BCUT2D eigenvalue weighted by atomic mass is 9.95. The molecule has 3 heteroatoms. The highest BCUT2D eigenvalue weighted by atomic mass is 16.5. The first kappa shape index (κ1) is 10.3. The summed E-state index contributed by atoms with van der Waals surface area (Å²) in [6.45, 7) is 2.17. The fourth-order valence-electron chi connectivity index (χ4n) is 1.39. The van der Waals surface area contributed by atoms with Crippen molar-refractivity contribution >= 4 is 5.97 Å². The van der Waals surface area contributed by atoms with Gasteiger partial charge in [0.15, 0.2) is 0 Å². The fourth-order valence-corrected chi connectivity index (χ4v) is 1.39. The Morgan fingerprint density at radius 2 is 2.54 bits per heavy atom. The van der Waals surface area contributed by atoms with Crippen molar-refractivity contribution in [3.8, 4) is 0 Å². The predicted octanol–water partition coefficient (Wildman–Crippen LogP) is 1.38. The molecule has 0 aliphatic heterocycles. The van der Waals surface area contributed by atoms with Crippen molar-refractivity contribution in [2.24, 2.45) is 5.73 Å². The van der Waals surface area contributed by atoms with E-state index in [0.717, 1.165) is 24.8 Å². The predicted molar refractivity (Wildman–Crippen MR) is 51.2 cm³/mol. The van der Waals surface area contributed by atoms with Gasteiger partial charge in [-0.3, -0.25) is 4.79 Å². The lowest BCUT2D eigenvalue weighted by molar-refractivity contribution is -0.142. The van der Waals surface area contributed by atoms with Crippen LogP contribution in [0, 0.1) is 0 Å². The minimum atomic E-state index is -0.154. The van der Waals surface area contributed by atoms with Crippen molar-refractivity contribution in [2.75, 3.05) is 6.61 Å². The quantitative estimate of drug-likeness (QED) is 0.531. The van der Waals surface area contributed by atoms with E-state index in [1.165, 1.54) is 0 Å². The summed E-state index contributed by atoms with van der Waals surface area (Å²) < 4.78 is 5.01. The molecular weight excluding hydrogens is 166 g/mol. The molecule has 0 radical (unpaired) electrons. The van der Waals surface area contributed by atoms with Gasteiger partial charge in [0.2, 0.25) is 0 Å². The van der Waals surface area contributed by atoms with Crippen LogP contribution in [0.3, 0.4) is 0 Å². The molecule has 74 valence electrons. The number of hydrogen-bond donors (Lipinski definition) is 1. The molecule has 0 saturated heterocycles. The van der Waals surface area contributed by atoms with E-state index in [1.54, 1.807) is 6.92 Å². The summed E-state index contributed by atoms with van der Waals surface area (Å²) >= 11 is 0. The van der Waals surface area contributed by atoms with Crippen LogP contribution >= 0.6 is 0 Å². The van der Waals surface area contributed by atoms with Crippen molar-refractivity contribution in [3.63, 3.8) is 0 Å². The molecule has 0 aromatic heterocycles. The molecule has 0 bridgehead atoms. The molecule has 0 amide bonds. The molecule has 1 aliphatic carbocycles. The van der Waals surface area contributed by atoms with E-state index >= 15 is 0 Å². The lowest BCUT2D eigenvalue weighted by Crippen LogP contribution is -2.28. The minimum absolute atomic E-state index is 0.0957. The van der Waals surface area contributed by atoms with Gasteiger partial charge < -0.3 is 10.5 Å². The Balaban J connectivity index is 2.35. The summed E-state index contributed by atoms with van der Waals surface area (Å²) in [5, 5.41) is 0. The maximum Gasteiger partial charge on any atom is 0.305 e. The van der Waals surface area contributed by atoms with Crippen LogP contribution in [0.25, 0.3) is 0 Å². The third-order valence-corrected chi connectivity index (χ3v) is 2.29. The Kier molecular flexibility index (Phi) is 3.96. The molecule has 1 atom stereocenters. The normalized spacial score (nSPS) is 22.3. The molecule has 1 aliphatic rings. The number of esters is 1. The molecule has 0 aromatic rings. The number of carbonyl (C=O) groups excluding carboxylic acids is 1. The van der Waals surface area contributed by atoms with Gasteiger partial charge in [-0.05, 0) is 24.8 Å². The third-order valence-electron chi connectivity index (χ3n) is 2.29. The Morgan fingerprint density at radius 3 is 3.15 bits per heavy atom. The number of carbonyl (C=O) groups is 1. The van der Waals surface area contributed by atoms with Crippen LogP contribution < -0.4 is 5.73 Å². The third kappa shape index (κ3) is 3.19. The van der Waals surface area contributed by atoms with E-state index in [-0.39, 0.29) is 12.0 Å². The van der Waals surface area contributed by atoms with Gasteiger partial charge in [0.1, 0.15) is 6.61 Å². The number of allylic oxidation sites excluding steroid dienone is 1. The Labute approximate surface area is 78.9 Å². The van der Waals surface area contributed by atoms with Gasteiger partial charge in [-0.1, -0.05) is 13.0 Å². The first-order chi connectivity index (χ1) is 6.24. The van der Waals surface area contributed by atoms with Crippen LogP contribution in [0.15, 0.2) is 11.6 Å². The van der Waals surface area contributed by atoms with Gasteiger partial charge in [-0.25, -0.2) is 0 Å². The van der Waals surface area contributed by atoms with Crippen molar-refractivity contribution in [1.29, 1.82) is 0 Å². The summed E-state index contributed by atoms with van der Waals surface area (Å²) in [5.41, 5.74) is 6.92. The first-order valence-corrected chi connectivity index (χ1v) is 4.84. The molecule has 0 saturated carbocycles. The summed E-state index contributed by atoms with van der Waals surface area (Å²) in [6.07, 6.45) is 5.74. The Hall–Kier alpha value is -0.830. The summed E-state index contributed by atoms with van der Waals surface area (Å²) in [7, 11) is 0. The van der Waals surface area contributed by atoms with E-state index in [0.29, 0.717) is 13.0 Å². The molecule has 1 rings (SSSR count). The Morgan fingerprint density at radius 1 is 1.77 bits per heavy atom. The molecule has 0 spiro atoms. The van der Waals surface area contributed by atoms with Gasteiger partial charge in [-0.2, -0.15) is 0 Å². The first-order valence-electron chi connectivity index (χ1n) is 4.84. The maximum absolute atomic E-state index is 10.9. The zero-order valence-electron chi connectivity index (χ0n) is 8.08. The van der Waals surface area contributed by atoms with Gasteiger partial charge in [0.05, 0.1) is 0 Å². The average molecular weight is 183 g/mol. The van der Waals surface area contributed by atoms with Gasteiger partial charge >= 0.3 is 5.97 Å². The monoisotopic (exact) mass is 183 g/mol. The number of ether oxygens (including phenoxy) is 1. The maximum atomic E-state index is 10.9. The van der Waals surface area contributed by atoms with E-state index in [9.17, 15) is 4.79 Å². The largest absolute Gasteiger partial charge is 0.461 e. The van der Waals surface area contributed by atoms with E-state index in [4.69, 9.17) is 10.5 Å². The van der Waals surface area contributed by atoms with Crippen LogP contribution in [0.2, 0.25) is 0 Å². The summed E-state index contributed by atoms with van der Waals surface area (Å²) in [4.78, 5) is 10.9. The van der Waals surface area contributed by atoms with Crippen LogP contribution in [0.4, 0.5) is 0 Å². The van der Waals surface area contributed by atoms with Crippen LogP contribution in [-0.4, -0.2) is 18.6 Å². The van der Waals surface area contributed by atoms with Crippen molar-refractivity contribution in [3.05, 3.63) is 11.6 Å². The highest BCUT2D eigenvalue weighted by Crippen LogP contribution is 2.16. The zero-order chi connectivity index (χ0) is 9.68. The number of rotatable bonds is 3. The number of hydrogen-bond acceptors (Lipinski definition) is 3. The summed E-state index contributed by atoms with van der Waals surface area (Å²) in [5.74, 6) is -0.154. The second kappa shape index (κ2) is 5.02. The van der Waals surface area contributed by atoms with Gasteiger partial charge in [0.25, 0.3) is 0 Å². The number of nitrogens with two attached hydrogens (primary N) is 1. The van der Waals surface area contributed by atoms with Gasteiger partial charge in [0, 0.05) is 12.5 Å². The Bertz CT molecular complexity index is 211. The average Bonchev–Trinajstić information content (AvgIpc) is 2.16. The standard InChI is InChI=1S/C10H17NO2/c1-2-10(12)13-7-8-5-3-4-6-9(8)11/h5,9H,2-4,6-7,11H2,1H3. The molecule has 2 N–H and O–H groups in total. The van der Waals surface area contributed by atoms with E-state index in [1.807, 2.05) is 0 Å². The topological polar surface area (TPSA) is 52.3 Å². The minimum Gasteiger partial charge on any atom is -0.461 e. The zero-order valence-corrected chi connectivity index (χ0v) is 8.08. The van der Waals surface area contributed by atoms with Crippen LogP contribution in [0.1, 0.15) is 32.6 Å². The smallest absolute Gasteiger partial charge is 0.305 e. The molecule has 0 aromatic carbocycles. The van der Waals surface area contributed by atoms with E-state index < -0.39 is 0 Å². The molecule has 1 unspecified atom stereocenters. The van der Waals surface area contributed by atoms with Crippen molar-refractivity contribution < 1.29 is 9.53 Å². The SMILES string of the molecule is CCC(=O)OCC1=CCCCC1N. The molecular formula is C10H17NO2. The van der Waals surface area contributed by atoms with Crippen molar-refractivity contribution in [2.45, 2.75) is 38.6 Å². The molecule has 0 fully saturated rings. The highest BCUT2D eigenvalue weighted by Gasteiger charge is 2.14. The van der Waals surface area contributed by atoms with Crippen LogP contribution in [0.5, 0.6) is 0 Å². The second-order valence-electron chi connectivity index (χ2n) is 3.33. The molecule has 3 nitrogen and oxygen atoms in total. The molecule has 0 heterocycles. The second-order valence-corrected chi connectivity index (χ2v) is 3.33. The van der Waals surface area contributed by atoms with Gasteiger partial charge in [-0.15, -0.1) is 0 Å².